The fourth-order valence-corrected chi connectivity index (χ4v) is 1.31. The summed E-state index contributed by atoms with van der Waals surface area (Å²) in [5.41, 5.74) is 3.26. The van der Waals surface area contributed by atoms with E-state index in [1.807, 2.05) is 26.2 Å². The summed E-state index contributed by atoms with van der Waals surface area (Å²) in [4.78, 5) is 4.07. The summed E-state index contributed by atoms with van der Waals surface area (Å²) < 4.78 is 1.75. The molecular formula is C10H13N5. The summed E-state index contributed by atoms with van der Waals surface area (Å²) in [5, 5.41) is 11.0. The van der Waals surface area contributed by atoms with E-state index in [0.717, 1.165) is 11.4 Å². The molecule has 0 aliphatic heterocycles. The summed E-state index contributed by atoms with van der Waals surface area (Å²) in [6.45, 7) is 2.75. The van der Waals surface area contributed by atoms with Crippen molar-refractivity contribution in [3.63, 3.8) is 0 Å². The van der Waals surface area contributed by atoms with Gasteiger partial charge in [-0.2, -0.15) is 0 Å². The lowest BCUT2D eigenvalue weighted by atomic mass is 10.2. The first-order chi connectivity index (χ1) is 7.27. The lowest BCUT2D eigenvalue weighted by Gasteiger charge is -2.07. The van der Waals surface area contributed by atoms with E-state index in [1.165, 1.54) is 5.56 Å². The molecule has 5 nitrogen and oxygen atoms in total. The minimum Gasteiger partial charge on any atom is -0.378 e. The number of hydrogen-bond acceptors (Lipinski definition) is 4. The number of pyridine rings is 1. The van der Waals surface area contributed by atoms with Gasteiger partial charge in [-0.15, -0.1) is 5.10 Å². The molecule has 0 atom stereocenters. The topological polar surface area (TPSA) is 55.6 Å². The number of anilines is 1. The van der Waals surface area contributed by atoms with E-state index >= 15 is 0 Å². The molecule has 2 aromatic rings. The van der Waals surface area contributed by atoms with Crippen LogP contribution in [0.2, 0.25) is 0 Å². The second kappa shape index (κ2) is 4.08. The molecule has 0 fully saturated rings. The van der Waals surface area contributed by atoms with Crippen LogP contribution in [0, 0.1) is 6.92 Å². The fraction of sp³-hybridized carbons (Fsp3) is 0.300. The highest BCUT2D eigenvalue weighted by molar-refractivity contribution is 5.47. The van der Waals surface area contributed by atoms with Crippen LogP contribution in [0.5, 0.6) is 0 Å². The van der Waals surface area contributed by atoms with E-state index in [1.54, 1.807) is 17.1 Å². The molecule has 0 amide bonds. The Hall–Kier alpha value is -1.91. The van der Waals surface area contributed by atoms with Crippen molar-refractivity contribution in [2.45, 2.75) is 13.5 Å². The van der Waals surface area contributed by atoms with Crippen LogP contribution in [0.15, 0.2) is 24.7 Å². The molecule has 0 aromatic carbocycles. The maximum atomic E-state index is 4.07. The third-order valence-corrected chi connectivity index (χ3v) is 2.31. The zero-order valence-corrected chi connectivity index (χ0v) is 8.81. The van der Waals surface area contributed by atoms with Crippen molar-refractivity contribution >= 4 is 5.69 Å². The first-order valence-electron chi connectivity index (χ1n) is 4.75. The second-order valence-corrected chi connectivity index (χ2v) is 3.39. The average molecular weight is 203 g/mol. The van der Waals surface area contributed by atoms with E-state index in [-0.39, 0.29) is 0 Å². The molecule has 1 N–H and O–H groups in total. The van der Waals surface area contributed by atoms with Crippen LogP contribution in [0.3, 0.4) is 0 Å². The fourth-order valence-electron chi connectivity index (χ4n) is 1.31. The molecule has 0 unspecified atom stereocenters. The molecule has 0 saturated carbocycles. The lowest BCUT2D eigenvalue weighted by Crippen LogP contribution is -2.06. The molecule has 0 aliphatic carbocycles. The van der Waals surface area contributed by atoms with E-state index in [2.05, 4.69) is 20.6 Å². The van der Waals surface area contributed by atoms with Crippen LogP contribution in [-0.2, 0) is 13.6 Å². The van der Waals surface area contributed by atoms with Gasteiger partial charge >= 0.3 is 0 Å². The molecule has 2 heterocycles. The normalized spacial score (nSPS) is 10.3. The molecule has 5 heteroatoms. The third kappa shape index (κ3) is 2.12. The van der Waals surface area contributed by atoms with Gasteiger partial charge in [-0.05, 0) is 18.6 Å². The Morgan fingerprint density at radius 2 is 2.27 bits per heavy atom. The molecular weight excluding hydrogens is 190 g/mol. The Morgan fingerprint density at radius 1 is 1.40 bits per heavy atom. The maximum Gasteiger partial charge on any atom is 0.0774 e. The van der Waals surface area contributed by atoms with Crippen molar-refractivity contribution in [1.82, 2.24) is 20.0 Å². The number of nitrogens with zero attached hydrogens (tertiary/aromatic N) is 4. The molecule has 15 heavy (non-hydrogen) atoms. The maximum absolute atomic E-state index is 4.07. The number of rotatable bonds is 3. The van der Waals surface area contributed by atoms with Crippen molar-refractivity contribution in [3.05, 3.63) is 35.9 Å². The predicted octanol–water partition coefficient (Wildman–Crippen LogP) is 1.13. The first-order valence-corrected chi connectivity index (χ1v) is 4.75. The van der Waals surface area contributed by atoms with Crippen molar-refractivity contribution in [3.8, 4) is 0 Å². The van der Waals surface area contributed by atoms with Crippen molar-refractivity contribution in [2.24, 2.45) is 7.05 Å². The van der Waals surface area contributed by atoms with E-state index in [4.69, 9.17) is 0 Å². The lowest BCUT2D eigenvalue weighted by molar-refractivity contribution is 0.683. The van der Waals surface area contributed by atoms with Gasteiger partial charge in [-0.1, -0.05) is 5.21 Å². The van der Waals surface area contributed by atoms with Crippen LogP contribution < -0.4 is 5.32 Å². The van der Waals surface area contributed by atoms with Crippen molar-refractivity contribution in [2.75, 3.05) is 5.32 Å². The van der Waals surface area contributed by atoms with Gasteiger partial charge in [0, 0.05) is 13.2 Å². The SMILES string of the molecule is Cc1ccncc1NCc1cnnn1C. The molecule has 2 rings (SSSR count). The number of hydrogen-bond donors (Lipinski definition) is 1. The van der Waals surface area contributed by atoms with Gasteiger partial charge < -0.3 is 5.32 Å². The molecule has 0 radical (unpaired) electrons. The standard InChI is InChI=1S/C10H13N5/c1-8-3-4-11-7-10(8)12-5-9-6-13-14-15(9)2/h3-4,6-7,12H,5H2,1-2H3. The highest BCUT2D eigenvalue weighted by Gasteiger charge is 2.01. The highest BCUT2D eigenvalue weighted by atomic mass is 15.4. The summed E-state index contributed by atoms with van der Waals surface area (Å²) in [6.07, 6.45) is 5.35. The van der Waals surface area contributed by atoms with Gasteiger partial charge in [0.05, 0.1) is 30.3 Å². The van der Waals surface area contributed by atoms with Crippen LogP contribution >= 0.6 is 0 Å². The van der Waals surface area contributed by atoms with Gasteiger partial charge in [0.15, 0.2) is 0 Å². The monoisotopic (exact) mass is 203 g/mol. The van der Waals surface area contributed by atoms with Crippen LogP contribution in [0.4, 0.5) is 5.69 Å². The van der Waals surface area contributed by atoms with E-state index in [0.29, 0.717) is 6.54 Å². The smallest absolute Gasteiger partial charge is 0.0774 e. The first kappa shape index (κ1) is 9.64. The Bertz CT molecular complexity index is 449. The van der Waals surface area contributed by atoms with Gasteiger partial charge in [0.1, 0.15) is 0 Å². The highest BCUT2D eigenvalue weighted by Crippen LogP contribution is 2.12. The summed E-state index contributed by atoms with van der Waals surface area (Å²) >= 11 is 0. The van der Waals surface area contributed by atoms with Gasteiger partial charge in [-0.25, -0.2) is 0 Å². The van der Waals surface area contributed by atoms with Crippen LogP contribution in [0.25, 0.3) is 0 Å². The number of aromatic nitrogens is 4. The molecule has 0 aliphatic rings. The quantitative estimate of drug-likeness (QED) is 0.812. The Labute approximate surface area is 88.1 Å². The summed E-state index contributed by atoms with van der Waals surface area (Å²) in [6, 6.07) is 1.98. The third-order valence-electron chi connectivity index (χ3n) is 2.31. The van der Waals surface area contributed by atoms with E-state index in [9.17, 15) is 0 Å². The Balaban J connectivity index is 2.06. The number of aryl methyl sites for hydroxylation is 2. The van der Waals surface area contributed by atoms with Crippen molar-refractivity contribution in [1.29, 1.82) is 0 Å². The number of nitrogens with one attached hydrogen (secondary N) is 1. The predicted molar refractivity (Wildman–Crippen MR) is 57.3 cm³/mol. The van der Waals surface area contributed by atoms with Crippen LogP contribution in [0.1, 0.15) is 11.3 Å². The van der Waals surface area contributed by atoms with Gasteiger partial charge in [-0.3, -0.25) is 9.67 Å². The van der Waals surface area contributed by atoms with Gasteiger partial charge in [0.25, 0.3) is 0 Å². The molecule has 0 spiro atoms. The molecule has 0 bridgehead atoms. The minimum absolute atomic E-state index is 0.704. The van der Waals surface area contributed by atoms with Crippen LogP contribution in [-0.4, -0.2) is 20.0 Å². The summed E-state index contributed by atoms with van der Waals surface area (Å²) in [5.74, 6) is 0. The summed E-state index contributed by atoms with van der Waals surface area (Å²) in [7, 11) is 1.88. The Morgan fingerprint density at radius 3 is 2.93 bits per heavy atom. The Kier molecular flexibility index (Phi) is 2.62. The molecule has 2 aromatic heterocycles. The second-order valence-electron chi connectivity index (χ2n) is 3.39. The van der Waals surface area contributed by atoms with Crippen molar-refractivity contribution < 1.29 is 0 Å². The van der Waals surface area contributed by atoms with E-state index < -0.39 is 0 Å². The molecule has 0 saturated heterocycles. The molecule has 78 valence electrons. The van der Waals surface area contributed by atoms with Gasteiger partial charge in [0.2, 0.25) is 0 Å². The zero-order chi connectivity index (χ0) is 10.7. The largest absolute Gasteiger partial charge is 0.378 e. The average Bonchev–Trinajstić information content (AvgIpc) is 2.63. The zero-order valence-electron chi connectivity index (χ0n) is 8.81. The minimum atomic E-state index is 0.704.